The Balaban J connectivity index is 2.64. The second-order valence-corrected chi connectivity index (χ2v) is 4.82. The van der Waals surface area contributed by atoms with Crippen LogP contribution >= 0.6 is 0 Å². The predicted octanol–water partition coefficient (Wildman–Crippen LogP) is 0.0917. The summed E-state index contributed by atoms with van der Waals surface area (Å²) in [6, 6.07) is 0. The van der Waals surface area contributed by atoms with Gasteiger partial charge < -0.3 is 21.1 Å². The van der Waals surface area contributed by atoms with Gasteiger partial charge in [0.1, 0.15) is 18.0 Å². The van der Waals surface area contributed by atoms with Crippen LogP contribution in [0.15, 0.2) is 6.33 Å². The molecule has 1 rings (SSSR count). The highest BCUT2D eigenvalue weighted by atomic mass is 16.3. The van der Waals surface area contributed by atoms with E-state index in [2.05, 4.69) is 15.3 Å². The van der Waals surface area contributed by atoms with Crippen LogP contribution in [0.4, 0.5) is 11.6 Å². The molecule has 6 heteroatoms. The predicted molar refractivity (Wildman–Crippen MR) is 68.8 cm³/mol. The number of nitrogens with two attached hydrogens (primary N) is 1. The maximum absolute atomic E-state index is 10.1. The van der Waals surface area contributed by atoms with Crippen molar-refractivity contribution in [1.29, 1.82) is 0 Å². The van der Waals surface area contributed by atoms with Crippen LogP contribution in [0.5, 0.6) is 0 Å². The molecule has 0 bridgehead atoms. The molecule has 4 N–H and O–H groups in total. The van der Waals surface area contributed by atoms with E-state index in [-0.39, 0.29) is 0 Å². The van der Waals surface area contributed by atoms with Crippen molar-refractivity contribution in [3.63, 3.8) is 0 Å². The largest absolute Gasteiger partial charge is 0.387 e. The summed E-state index contributed by atoms with van der Waals surface area (Å²) in [5, 5.41) is 13.2. The minimum atomic E-state index is -0.824. The molecule has 1 atom stereocenters. The summed E-state index contributed by atoms with van der Waals surface area (Å²) in [4.78, 5) is 9.92. The molecular formula is C11H21N5O. The van der Waals surface area contributed by atoms with Crippen molar-refractivity contribution < 1.29 is 5.11 Å². The van der Waals surface area contributed by atoms with Crippen molar-refractivity contribution in [2.45, 2.75) is 19.4 Å². The Labute approximate surface area is 102 Å². The molecule has 1 aromatic rings. The molecule has 0 spiro atoms. The number of likely N-dealkylation sites (N-methyl/N-ethyl adjacent to an activating group) is 1. The van der Waals surface area contributed by atoms with Gasteiger partial charge in [-0.05, 0) is 27.9 Å². The summed E-state index contributed by atoms with van der Waals surface area (Å²) in [5.41, 5.74) is 5.65. The van der Waals surface area contributed by atoms with Crippen molar-refractivity contribution in [2.24, 2.45) is 0 Å². The second kappa shape index (κ2) is 5.29. The Morgan fingerprint density at radius 2 is 2.12 bits per heavy atom. The Bertz CT molecular complexity index is 378. The molecule has 0 amide bonds. The number of aliphatic hydroxyl groups is 1. The quantitative estimate of drug-likeness (QED) is 0.675. The summed E-state index contributed by atoms with van der Waals surface area (Å²) >= 11 is 0. The lowest BCUT2D eigenvalue weighted by Crippen LogP contribution is -2.43. The first-order valence-electron chi connectivity index (χ1n) is 5.50. The van der Waals surface area contributed by atoms with Crippen molar-refractivity contribution in [3.8, 4) is 0 Å². The monoisotopic (exact) mass is 239 g/mol. The van der Waals surface area contributed by atoms with E-state index in [1.54, 1.807) is 6.92 Å². The highest BCUT2D eigenvalue weighted by Crippen LogP contribution is 2.16. The van der Waals surface area contributed by atoms with E-state index < -0.39 is 5.60 Å². The zero-order valence-electron chi connectivity index (χ0n) is 10.9. The molecule has 0 saturated heterocycles. The maximum Gasteiger partial charge on any atom is 0.134 e. The zero-order chi connectivity index (χ0) is 13.1. The molecule has 17 heavy (non-hydrogen) atoms. The molecule has 6 nitrogen and oxygen atoms in total. The van der Waals surface area contributed by atoms with E-state index in [4.69, 9.17) is 5.73 Å². The number of hydrogen-bond acceptors (Lipinski definition) is 6. The third-order valence-electron chi connectivity index (χ3n) is 2.42. The van der Waals surface area contributed by atoms with Gasteiger partial charge in [-0.15, -0.1) is 0 Å². The van der Waals surface area contributed by atoms with Crippen LogP contribution in [-0.2, 0) is 0 Å². The van der Waals surface area contributed by atoms with Crippen LogP contribution in [0, 0.1) is 6.92 Å². The van der Waals surface area contributed by atoms with Gasteiger partial charge in [0.05, 0.1) is 5.60 Å². The van der Waals surface area contributed by atoms with Crippen molar-refractivity contribution >= 4 is 11.6 Å². The first kappa shape index (κ1) is 13.7. The Morgan fingerprint density at radius 3 is 2.71 bits per heavy atom. The molecule has 1 aromatic heterocycles. The molecule has 1 unspecified atom stereocenters. The molecule has 0 fully saturated rings. The molecule has 96 valence electrons. The summed E-state index contributed by atoms with van der Waals surface area (Å²) < 4.78 is 0. The molecule has 0 radical (unpaired) electrons. The van der Waals surface area contributed by atoms with E-state index in [0.717, 1.165) is 5.56 Å². The molecular weight excluding hydrogens is 218 g/mol. The average molecular weight is 239 g/mol. The standard InChI is InChI=1S/C11H21N5O/c1-8-9(12)14-7-15-10(8)13-5-11(2,17)6-16(3)4/h7,17H,5-6H2,1-4H3,(H3,12,13,14,15). The summed E-state index contributed by atoms with van der Waals surface area (Å²) in [5.74, 6) is 1.12. The van der Waals surface area contributed by atoms with Gasteiger partial charge in [0, 0.05) is 18.7 Å². The molecule has 0 aromatic carbocycles. The van der Waals surface area contributed by atoms with Gasteiger partial charge in [-0.2, -0.15) is 0 Å². The second-order valence-electron chi connectivity index (χ2n) is 4.82. The lowest BCUT2D eigenvalue weighted by atomic mass is 10.1. The summed E-state index contributed by atoms with van der Waals surface area (Å²) in [7, 11) is 3.84. The van der Waals surface area contributed by atoms with Gasteiger partial charge in [0.15, 0.2) is 0 Å². The highest BCUT2D eigenvalue weighted by Gasteiger charge is 2.21. The minimum Gasteiger partial charge on any atom is -0.387 e. The van der Waals surface area contributed by atoms with Gasteiger partial charge in [0.25, 0.3) is 0 Å². The van der Waals surface area contributed by atoms with Crippen LogP contribution in [0.25, 0.3) is 0 Å². The Morgan fingerprint density at radius 1 is 1.47 bits per heavy atom. The molecule has 0 saturated carbocycles. The van der Waals surface area contributed by atoms with Crippen LogP contribution in [0.2, 0.25) is 0 Å². The number of nitrogens with one attached hydrogen (secondary N) is 1. The van der Waals surface area contributed by atoms with Gasteiger partial charge in [-0.25, -0.2) is 9.97 Å². The molecule has 1 heterocycles. The minimum absolute atomic E-state index is 0.405. The lowest BCUT2D eigenvalue weighted by molar-refractivity contribution is 0.0459. The number of rotatable bonds is 5. The van der Waals surface area contributed by atoms with E-state index >= 15 is 0 Å². The number of aromatic nitrogens is 2. The van der Waals surface area contributed by atoms with Crippen molar-refractivity contribution in [2.75, 3.05) is 38.2 Å². The number of anilines is 2. The van der Waals surface area contributed by atoms with Gasteiger partial charge in [0.2, 0.25) is 0 Å². The summed E-state index contributed by atoms with van der Waals surface area (Å²) in [6.07, 6.45) is 1.41. The smallest absolute Gasteiger partial charge is 0.134 e. The van der Waals surface area contributed by atoms with E-state index in [9.17, 15) is 5.11 Å². The fourth-order valence-electron chi connectivity index (χ4n) is 1.65. The number of nitrogens with zero attached hydrogens (tertiary/aromatic N) is 3. The molecule has 0 aliphatic carbocycles. The molecule has 0 aliphatic rings. The fraction of sp³-hybridized carbons (Fsp3) is 0.636. The third kappa shape index (κ3) is 4.16. The highest BCUT2D eigenvalue weighted by molar-refractivity contribution is 5.53. The zero-order valence-corrected chi connectivity index (χ0v) is 10.9. The topological polar surface area (TPSA) is 87.3 Å². The van der Waals surface area contributed by atoms with Crippen LogP contribution in [-0.4, -0.2) is 52.8 Å². The van der Waals surface area contributed by atoms with Crippen molar-refractivity contribution in [1.82, 2.24) is 14.9 Å². The Hall–Kier alpha value is -1.40. The third-order valence-corrected chi connectivity index (χ3v) is 2.42. The maximum atomic E-state index is 10.1. The number of nitrogen functional groups attached to an aromatic ring is 1. The van der Waals surface area contributed by atoms with Crippen molar-refractivity contribution in [3.05, 3.63) is 11.9 Å². The van der Waals surface area contributed by atoms with Gasteiger partial charge >= 0.3 is 0 Å². The van der Waals surface area contributed by atoms with E-state index in [1.165, 1.54) is 6.33 Å². The summed E-state index contributed by atoms with van der Waals surface area (Å²) in [6.45, 7) is 4.60. The van der Waals surface area contributed by atoms with Gasteiger partial charge in [-0.3, -0.25) is 0 Å². The first-order valence-corrected chi connectivity index (χ1v) is 5.50. The SMILES string of the molecule is Cc1c(N)ncnc1NCC(C)(O)CN(C)C. The first-order chi connectivity index (χ1) is 7.82. The van der Waals surface area contributed by atoms with E-state index in [0.29, 0.717) is 24.7 Å². The molecule has 0 aliphatic heterocycles. The van der Waals surface area contributed by atoms with Crippen LogP contribution in [0.1, 0.15) is 12.5 Å². The van der Waals surface area contributed by atoms with E-state index in [1.807, 2.05) is 25.9 Å². The Kier molecular flexibility index (Phi) is 4.25. The van der Waals surface area contributed by atoms with Crippen LogP contribution < -0.4 is 11.1 Å². The number of hydrogen-bond donors (Lipinski definition) is 3. The normalized spacial score (nSPS) is 14.7. The fourth-order valence-corrected chi connectivity index (χ4v) is 1.65. The van der Waals surface area contributed by atoms with Gasteiger partial charge in [-0.1, -0.05) is 0 Å². The lowest BCUT2D eigenvalue weighted by Gasteiger charge is -2.27. The average Bonchev–Trinajstić information content (AvgIpc) is 2.18. The van der Waals surface area contributed by atoms with Crippen LogP contribution in [0.3, 0.4) is 0 Å².